The lowest BCUT2D eigenvalue weighted by molar-refractivity contribution is -0.135. The van der Waals surface area contributed by atoms with Gasteiger partial charge in [0, 0.05) is 48.9 Å². The number of aromatic nitrogens is 1. The minimum atomic E-state index is -0.582. The number of aromatic amines is 1. The maximum atomic E-state index is 13.8. The third-order valence-electron chi connectivity index (χ3n) is 7.46. The van der Waals surface area contributed by atoms with Crippen molar-refractivity contribution in [3.8, 4) is 0 Å². The second-order valence-corrected chi connectivity index (χ2v) is 10.5. The van der Waals surface area contributed by atoms with Crippen LogP contribution in [0.15, 0.2) is 30.4 Å². The van der Waals surface area contributed by atoms with Crippen molar-refractivity contribution in [1.29, 1.82) is 0 Å². The molecule has 3 N–H and O–H groups in total. The summed E-state index contributed by atoms with van der Waals surface area (Å²) in [6.45, 7) is 4.93. The van der Waals surface area contributed by atoms with E-state index in [0.29, 0.717) is 29.9 Å². The van der Waals surface area contributed by atoms with Crippen molar-refractivity contribution in [1.82, 2.24) is 20.1 Å². The first kappa shape index (κ1) is 27.3. The van der Waals surface area contributed by atoms with Crippen molar-refractivity contribution >= 4 is 35.1 Å². The van der Waals surface area contributed by atoms with Gasteiger partial charge in [-0.15, -0.1) is 0 Å². The van der Waals surface area contributed by atoms with Gasteiger partial charge in [0.15, 0.2) is 0 Å². The molecule has 0 fully saturated rings. The molecule has 38 heavy (non-hydrogen) atoms. The molecule has 2 aliphatic rings. The number of amides is 3. The molecule has 8 nitrogen and oxygen atoms in total. The Morgan fingerprint density at radius 2 is 2.03 bits per heavy atom. The van der Waals surface area contributed by atoms with E-state index < -0.39 is 6.04 Å². The summed E-state index contributed by atoms with van der Waals surface area (Å²) in [4.78, 5) is 44.5. The number of fused-ring (bicyclic) bond motifs is 2. The van der Waals surface area contributed by atoms with Crippen molar-refractivity contribution in [2.24, 2.45) is 5.92 Å². The highest BCUT2D eigenvalue weighted by Gasteiger charge is 2.28. The number of benzene rings is 1. The van der Waals surface area contributed by atoms with Crippen LogP contribution in [-0.2, 0) is 27.2 Å². The molecule has 0 spiro atoms. The largest absolute Gasteiger partial charge is 0.358 e. The molecule has 1 aliphatic carbocycles. The highest BCUT2D eigenvalue weighted by molar-refractivity contribution is 6.34. The number of nitrogens with one attached hydrogen (secondary N) is 3. The minimum Gasteiger partial charge on any atom is -0.358 e. The normalized spacial score (nSPS) is 18.4. The number of halogens is 1. The summed E-state index contributed by atoms with van der Waals surface area (Å²) in [5.41, 5.74) is 5.88. The van der Waals surface area contributed by atoms with Crippen molar-refractivity contribution < 1.29 is 18.8 Å². The molecular weight excluding hydrogens is 485 g/mol. The highest BCUT2D eigenvalue weighted by Crippen LogP contribution is 2.36. The molecule has 4 rings (SSSR count). The van der Waals surface area contributed by atoms with Gasteiger partial charge in [-0.05, 0) is 88.5 Å². The topological polar surface area (TPSA) is 97.5 Å². The fraction of sp³-hybridized carbons (Fsp3) is 0.414. The van der Waals surface area contributed by atoms with Crippen LogP contribution in [0.4, 0.5) is 10.1 Å². The zero-order chi connectivity index (χ0) is 27.6. The summed E-state index contributed by atoms with van der Waals surface area (Å²) in [5.74, 6) is -0.767. The number of nitrogens with zero attached hydrogens (tertiary/aromatic N) is 2. The standard InChI is InChI=1S/C29H36FN5O3/c1-17-21-10-8-19(16-31-28(37)18(2)35(5)27(36)7-6-12-34(3)4)13-26(21)32-25(17)15-23-22-14-20(30)9-11-24(22)33-29(23)38/h6-7,9,11,14-15,18-19,32H,8,10,12-13,16H2,1-5H3,(H,31,37)(H,33,38)/b7-6+,23-15-/t18-,19-/m0/s1. The van der Waals surface area contributed by atoms with Crippen molar-refractivity contribution in [3.63, 3.8) is 0 Å². The maximum Gasteiger partial charge on any atom is 0.256 e. The first-order chi connectivity index (χ1) is 18.0. The zero-order valence-corrected chi connectivity index (χ0v) is 22.7. The summed E-state index contributed by atoms with van der Waals surface area (Å²) in [6.07, 6.45) is 7.63. The average molecular weight is 522 g/mol. The molecule has 202 valence electrons. The monoisotopic (exact) mass is 521 g/mol. The third kappa shape index (κ3) is 5.88. The molecule has 3 amide bonds. The summed E-state index contributed by atoms with van der Waals surface area (Å²) in [5, 5.41) is 5.81. The SMILES string of the molecule is Cc1c(/C=C2\C(=O)Nc3ccc(F)cc32)[nH]c2c1CC[C@H](CNC(=O)[C@H](C)N(C)C(=O)/C=C/CN(C)C)C2. The molecule has 9 heteroatoms. The van der Waals surface area contributed by atoms with Gasteiger partial charge in [0.1, 0.15) is 11.9 Å². The van der Waals surface area contributed by atoms with Gasteiger partial charge >= 0.3 is 0 Å². The van der Waals surface area contributed by atoms with Gasteiger partial charge in [0.25, 0.3) is 5.91 Å². The molecule has 1 aromatic carbocycles. The molecule has 2 aromatic rings. The number of anilines is 1. The third-order valence-corrected chi connectivity index (χ3v) is 7.46. The Labute approximate surface area is 223 Å². The molecule has 1 aliphatic heterocycles. The Bertz CT molecular complexity index is 1310. The van der Waals surface area contributed by atoms with Crippen LogP contribution < -0.4 is 10.6 Å². The summed E-state index contributed by atoms with van der Waals surface area (Å²) in [6, 6.07) is 3.70. The molecule has 0 radical (unpaired) electrons. The zero-order valence-electron chi connectivity index (χ0n) is 22.7. The van der Waals surface area contributed by atoms with E-state index in [1.165, 1.54) is 28.7 Å². The lowest BCUT2D eigenvalue weighted by atomic mass is 9.86. The van der Waals surface area contributed by atoms with E-state index in [4.69, 9.17) is 0 Å². The lowest BCUT2D eigenvalue weighted by Gasteiger charge is -2.26. The lowest BCUT2D eigenvalue weighted by Crippen LogP contribution is -2.46. The molecular formula is C29H36FN5O3. The highest BCUT2D eigenvalue weighted by atomic mass is 19.1. The molecule has 1 aromatic heterocycles. The van der Waals surface area contributed by atoms with Gasteiger partial charge in [-0.2, -0.15) is 0 Å². The number of likely N-dealkylation sites (N-methyl/N-ethyl adjacent to an activating group) is 2. The molecule has 2 heterocycles. The first-order valence-electron chi connectivity index (χ1n) is 12.9. The smallest absolute Gasteiger partial charge is 0.256 e. The predicted octanol–water partition coefficient (Wildman–Crippen LogP) is 3.14. The number of carbonyl (C=O) groups is 3. The van der Waals surface area contributed by atoms with E-state index >= 15 is 0 Å². The summed E-state index contributed by atoms with van der Waals surface area (Å²) < 4.78 is 13.8. The number of hydrogen-bond acceptors (Lipinski definition) is 4. The average Bonchev–Trinajstić information content (AvgIpc) is 3.36. The molecule has 0 saturated heterocycles. The molecule has 0 unspecified atom stereocenters. The van der Waals surface area contributed by atoms with Crippen LogP contribution in [0.5, 0.6) is 0 Å². The summed E-state index contributed by atoms with van der Waals surface area (Å²) >= 11 is 0. The van der Waals surface area contributed by atoms with E-state index in [2.05, 4.69) is 15.6 Å². The molecule has 2 atom stereocenters. The van der Waals surface area contributed by atoms with Gasteiger partial charge in [-0.3, -0.25) is 14.4 Å². The van der Waals surface area contributed by atoms with Crippen LogP contribution in [0.25, 0.3) is 11.6 Å². The minimum absolute atomic E-state index is 0.182. The fourth-order valence-corrected chi connectivity index (χ4v) is 4.98. The van der Waals surface area contributed by atoms with Crippen molar-refractivity contribution in [2.45, 2.75) is 39.2 Å². The Kier molecular flexibility index (Phi) is 8.16. The maximum absolute atomic E-state index is 13.8. The van der Waals surface area contributed by atoms with E-state index in [9.17, 15) is 18.8 Å². The molecule has 0 bridgehead atoms. The number of rotatable bonds is 8. The Hall–Kier alpha value is -3.72. The van der Waals surface area contributed by atoms with Crippen LogP contribution in [0.2, 0.25) is 0 Å². The predicted molar refractivity (Wildman–Crippen MR) is 147 cm³/mol. The number of carbonyl (C=O) groups excluding carboxylic acids is 3. The second kappa shape index (κ2) is 11.3. The Morgan fingerprint density at radius 3 is 2.76 bits per heavy atom. The fourth-order valence-electron chi connectivity index (χ4n) is 4.98. The van der Waals surface area contributed by atoms with Gasteiger partial charge in [0.2, 0.25) is 11.8 Å². The van der Waals surface area contributed by atoms with E-state index in [0.717, 1.165) is 36.2 Å². The van der Waals surface area contributed by atoms with Crippen LogP contribution in [0, 0.1) is 18.7 Å². The quantitative estimate of drug-likeness (QED) is 0.465. The Balaban J connectivity index is 1.38. The van der Waals surface area contributed by atoms with Crippen LogP contribution in [0.3, 0.4) is 0 Å². The van der Waals surface area contributed by atoms with Crippen molar-refractivity contribution in [2.75, 3.05) is 39.5 Å². The number of hydrogen-bond donors (Lipinski definition) is 3. The second-order valence-electron chi connectivity index (χ2n) is 10.5. The first-order valence-corrected chi connectivity index (χ1v) is 12.9. The van der Waals surface area contributed by atoms with E-state index in [1.807, 2.05) is 25.9 Å². The summed E-state index contributed by atoms with van der Waals surface area (Å²) in [7, 11) is 5.48. The van der Waals surface area contributed by atoms with Gasteiger partial charge in [-0.1, -0.05) is 6.08 Å². The van der Waals surface area contributed by atoms with Crippen LogP contribution in [-0.4, -0.2) is 72.8 Å². The van der Waals surface area contributed by atoms with E-state index in [-0.39, 0.29) is 29.5 Å². The van der Waals surface area contributed by atoms with Crippen LogP contribution >= 0.6 is 0 Å². The van der Waals surface area contributed by atoms with Crippen molar-refractivity contribution in [3.05, 3.63) is 64.2 Å². The molecule has 0 saturated carbocycles. The Morgan fingerprint density at radius 1 is 1.26 bits per heavy atom. The van der Waals surface area contributed by atoms with Gasteiger partial charge in [-0.25, -0.2) is 4.39 Å². The van der Waals surface area contributed by atoms with Gasteiger partial charge < -0.3 is 25.4 Å². The van der Waals surface area contributed by atoms with E-state index in [1.54, 1.807) is 32.2 Å². The number of H-pyrrole nitrogens is 1. The van der Waals surface area contributed by atoms with Crippen LogP contribution in [0.1, 0.15) is 41.4 Å². The van der Waals surface area contributed by atoms with Gasteiger partial charge in [0.05, 0.1) is 5.57 Å².